The molecule has 0 radical (unpaired) electrons. The van der Waals surface area contributed by atoms with Crippen molar-refractivity contribution in [1.82, 2.24) is 9.97 Å². The number of aromatic amines is 1. The van der Waals surface area contributed by atoms with Crippen molar-refractivity contribution in [2.75, 3.05) is 0 Å². The van der Waals surface area contributed by atoms with E-state index in [1.807, 2.05) is 0 Å². The lowest BCUT2D eigenvalue weighted by Gasteiger charge is -2.21. The lowest BCUT2D eigenvalue weighted by atomic mass is 9.98. The Labute approximate surface area is 209 Å². The fourth-order valence-electron chi connectivity index (χ4n) is 3.63. The first-order chi connectivity index (χ1) is 17.6. The molecule has 4 aromatic rings. The summed E-state index contributed by atoms with van der Waals surface area (Å²) in [4.78, 5) is 17.1. The maximum absolute atomic E-state index is 13.9. The summed E-state index contributed by atoms with van der Waals surface area (Å²) in [6.45, 7) is 0. The van der Waals surface area contributed by atoms with Gasteiger partial charge < -0.3 is 20.6 Å². The summed E-state index contributed by atoms with van der Waals surface area (Å²) < 4.78 is 114. The van der Waals surface area contributed by atoms with E-state index in [4.69, 9.17) is 15.6 Å². The van der Waals surface area contributed by atoms with Gasteiger partial charge in [0, 0.05) is 29.5 Å². The molecule has 0 saturated heterocycles. The van der Waals surface area contributed by atoms with E-state index < -0.39 is 62.4 Å². The Morgan fingerprint density at radius 1 is 0.974 bits per heavy atom. The van der Waals surface area contributed by atoms with Crippen molar-refractivity contribution in [3.05, 3.63) is 77.7 Å². The van der Waals surface area contributed by atoms with Crippen molar-refractivity contribution in [2.24, 2.45) is 5.73 Å². The lowest BCUT2D eigenvalue weighted by molar-refractivity contribution is -0.146. The van der Waals surface area contributed by atoms with Gasteiger partial charge in [0.15, 0.2) is 5.75 Å². The van der Waals surface area contributed by atoms with Crippen LogP contribution < -0.4 is 10.5 Å². The monoisotopic (exact) mass is 559 g/mol. The Kier molecular flexibility index (Phi) is 6.61. The summed E-state index contributed by atoms with van der Waals surface area (Å²) in [6.07, 6.45) is -7.23. The number of benzene rings is 2. The number of hydrogen-bond donors (Lipinski definition) is 3. The molecule has 4 rings (SSSR count). The molecule has 0 unspecified atom stereocenters. The average Bonchev–Trinajstić information content (AvgIpc) is 3.27. The number of H-pyrrole nitrogens is 1. The molecule has 38 heavy (non-hydrogen) atoms. The van der Waals surface area contributed by atoms with Gasteiger partial charge in [0.25, 0.3) is 0 Å². The molecular formula is C23H15F6N3O5S. The lowest BCUT2D eigenvalue weighted by Crippen LogP contribution is -2.23. The van der Waals surface area contributed by atoms with Gasteiger partial charge in [-0.2, -0.15) is 26.3 Å². The number of fused-ring (bicyclic) bond motifs is 1. The number of nitrogens with one attached hydrogen (secondary N) is 1. The first-order valence-corrected chi connectivity index (χ1v) is 11.8. The van der Waals surface area contributed by atoms with Gasteiger partial charge in [0.2, 0.25) is 9.84 Å². The van der Waals surface area contributed by atoms with Crippen LogP contribution in [-0.2, 0) is 27.0 Å². The van der Waals surface area contributed by atoms with E-state index in [-0.39, 0.29) is 32.8 Å². The summed E-state index contributed by atoms with van der Waals surface area (Å²) in [5, 5.41) is 8.94. The van der Waals surface area contributed by atoms with Crippen molar-refractivity contribution >= 4 is 26.7 Å². The minimum Gasteiger partial charge on any atom is -0.480 e. The van der Waals surface area contributed by atoms with Crippen LogP contribution in [0.25, 0.3) is 10.9 Å². The highest BCUT2D eigenvalue weighted by Gasteiger charge is 2.43. The highest BCUT2D eigenvalue weighted by atomic mass is 32.2. The number of halogens is 6. The van der Waals surface area contributed by atoms with Gasteiger partial charge in [-0.15, -0.1) is 0 Å². The summed E-state index contributed by atoms with van der Waals surface area (Å²) in [5.74, 6) is -4.05. The number of ether oxygens (including phenoxy) is 1. The molecule has 1 atom stereocenters. The summed E-state index contributed by atoms with van der Waals surface area (Å²) in [7, 11) is -4.15. The smallest absolute Gasteiger partial charge is 0.420 e. The molecule has 0 aliphatic carbocycles. The molecular weight excluding hydrogens is 544 g/mol. The Morgan fingerprint density at radius 2 is 1.55 bits per heavy atom. The third-order valence-electron chi connectivity index (χ3n) is 5.43. The maximum atomic E-state index is 13.9. The number of hydrogen-bond acceptors (Lipinski definition) is 6. The normalized spacial score (nSPS) is 13.4. The molecule has 15 heteroatoms. The highest BCUT2D eigenvalue weighted by Crippen LogP contribution is 2.47. The molecule has 0 aliphatic rings. The standard InChI is InChI=1S/C23H15F6N3O5S/c24-22(25,26)15-7-11(19(30)21(33)34)8-16(23(27,28)29)20(15)37-12-1-2-17-14(9-12)18(10-32-17)38(35,36)13-3-5-31-6-4-13/h1-10,19,32H,30H2,(H,33,34)/t19-/m0/s1. The van der Waals surface area contributed by atoms with E-state index in [0.717, 1.165) is 18.3 Å². The van der Waals surface area contributed by atoms with Crippen LogP contribution in [0.5, 0.6) is 11.5 Å². The number of rotatable bonds is 6. The Bertz CT molecular complexity index is 1600. The minimum atomic E-state index is -5.41. The van der Waals surface area contributed by atoms with E-state index >= 15 is 0 Å². The molecule has 2 aromatic heterocycles. The zero-order chi connectivity index (χ0) is 28.0. The average molecular weight is 559 g/mol. The van der Waals surface area contributed by atoms with Gasteiger partial charge in [0.1, 0.15) is 11.8 Å². The molecule has 0 spiro atoms. The van der Waals surface area contributed by atoms with Crippen molar-refractivity contribution in [3.63, 3.8) is 0 Å². The second-order valence-electron chi connectivity index (χ2n) is 7.91. The third kappa shape index (κ3) is 5.02. The number of nitrogens with two attached hydrogens (primary N) is 1. The zero-order valence-electron chi connectivity index (χ0n) is 18.6. The fourth-order valence-corrected chi connectivity index (χ4v) is 5.03. The summed E-state index contributed by atoms with van der Waals surface area (Å²) in [5.41, 5.74) is 0.704. The SMILES string of the molecule is N[C@H](C(=O)O)c1cc(C(F)(F)F)c(Oc2ccc3[nH]cc(S(=O)(=O)c4ccncc4)c3c2)c(C(F)(F)F)c1. The number of alkyl halides is 6. The molecule has 0 bridgehead atoms. The predicted molar refractivity (Wildman–Crippen MR) is 119 cm³/mol. The van der Waals surface area contributed by atoms with Crippen LogP contribution in [0.3, 0.4) is 0 Å². The minimum absolute atomic E-state index is 0.0639. The molecule has 2 aromatic carbocycles. The van der Waals surface area contributed by atoms with Gasteiger partial charge in [-0.05, 0) is 48.0 Å². The van der Waals surface area contributed by atoms with Crippen LogP contribution in [0, 0.1) is 0 Å². The number of carbonyl (C=O) groups is 1. The van der Waals surface area contributed by atoms with Crippen LogP contribution in [0.1, 0.15) is 22.7 Å². The number of pyridine rings is 1. The molecule has 200 valence electrons. The number of aliphatic carboxylic acids is 1. The second-order valence-corrected chi connectivity index (χ2v) is 9.82. The largest absolute Gasteiger partial charge is 0.480 e. The van der Waals surface area contributed by atoms with E-state index in [1.165, 1.54) is 30.6 Å². The van der Waals surface area contributed by atoms with Crippen LogP contribution in [0.4, 0.5) is 26.3 Å². The quantitative estimate of drug-likeness (QED) is 0.273. The first kappa shape index (κ1) is 26.9. The van der Waals surface area contributed by atoms with Gasteiger partial charge in [-0.3, -0.25) is 9.78 Å². The number of aromatic nitrogens is 2. The van der Waals surface area contributed by atoms with Crippen LogP contribution >= 0.6 is 0 Å². The fraction of sp³-hybridized carbons (Fsp3) is 0.130. The van der Waals surface area contributed by atoms with Gasteiger partial charge in [-0.1, -0.05) is 0 Å². The van der Waals surface area contributed by atoms with E-state index in [2.05, 4.69) is 9.97 Å². The maximum Gasteiger partial charge on any atom is 0.420 e. The Morgan fingerprint density at radius 3 is 2.08 bits per heavy atom. The molecule has 4 N–H and O–H groups in total. The molecule has 2 heterocycles. The van der Waals surface area contributed by atoms with E-state index in [0.29, 0.717) is 0 Å². The van der Waals surface area contributed by atoms with Crippen molar-refractivity contribution < 1.29 is 49.4 Å². The van der Waals surface area contributed by atoms with Gasteiger partial charge >= 0.3 is 18.3 Å². The molecule has 0 aliphatic heterocycles. The van der Waals surface area contributed by atoms with Crippen LogP contribution in [-0.4, -0.2) is 29.5 Å². The highest BCUT2D eigenvalue weighted by molar-refractivity contribution is 7.91. The number of sulfone groups is 1. The topological polar surface area (TPSA) is 135 Å². The van der Waals surface area contributed by atoms with Gasteiger partial charge in [0.05, 0.1) is 20.9 Å². The van der Waals surface area contributed by atoms with Gasteiger partial charge in [-0.25, -0.2) is 8.42 Å². The Hall–Kier alpha value is -4.11. The number of nitrogens with zero attached hydrogens (tertiary/aromatic N) is 1. The second kappa shape index (κ2) is 9.33. The number of carboxylic acids is 1. The van der Waals surface area contributed by atoms with Crippen LogP contribution in [0.15, 0.2) is 70.8 Å². The summed E-state index contributed by atoms with van der Waals surface area (Å²) in [6, 6.07) is 3.80. The Balaban J connectivity index is 1.89. The first-order valence-electron chi connectivity index (χ1n) is 10.4. The van der Waals surface area contributed by atoms with Crippen LogP contribution in [0.2, 0.25) is 0 Å². The molecule has 0 amide bonds. The third-order valence-corrected chi connectivity index (χ3v) is 7.24. The number of carboxylic acid groups (broad SMARTS) is 1. The summed E-state index contributed by atoms with van der Waals surface area (Å²) >= 11 is 0. The van der Waals surface area contributed by atoms with Crippen molar-refractivity contribution in [3.8, 4) is 11.5 Å². The zero-order valence-corrected chi connectivity index (χ0v) is 19.4. The van der Waals surface area contributed by atoms with E-state index in [9.17, 15) is 39.6 Å². The molecule has 0 fully saturated rings. The molecule has 8 nitrogen and oxygen atoms in total. The molecule has 0 saturated carbocycles. The van der Waals surface area contributed by atoms with Crippen molar-refractivity contribution in [2.45, 2.75) is 28.2 Å². The van der Waals surface area contributed by atoms with Crippen molar-refractivity contribution in [1.29, 1.82) is 0 Å². The van der Waals surface area contributed by atoms with E-state index in [1.54, 1.807) is 0 Å². The predicted octanol–water partition coefficient (Wildman–Crippen LogP) is 5.31.